The second-order valence-electron chi connectivity index (χ2n) is 9.75. The minimum Gasteiger partial charge on any atom is -0.493 e. The first-order chi connectivity index (χ1) is 16.0. The Labute approximate surface area is 193 Å². The number of amides is 2. The lowest BCUT2D eigenvalue weighted by Gasteiger charge is -2.56. The van der Waals surface area contributed by atoms with E-state index < -0.39 is 5.91 Å². The van der Waals surface area contributed by atoms with Crippen molar-refractivity contribution < 1.29 is 23.5 Å². The van der Waals surface area contributed by atoms with Crippen LogP contribution in [0.5, 0.6) is 11.5 Å². The largest absolute Gasteiger partial charge is 0.493 e. The fourth-order valence-electron chi connectivity index (χ4n) is 6.42. The Morgan fingerprint density at radius 3 is 2.24 bits per heavy atom. The first-order valence-electron chi connectivity index (χ1n) is 11.6. The van der Waals surface area contributed by atoms with Crippen molar-refractivity contribution >= 4 is 17.9 Å². The van der Waals surface area contributed by atoms with Crippen LogP contribution in [0.3, 0.4) is 0 Å². The molecule has 2 aromatic rings. The summed E-state index contributed by atoms with van der Waals surface area (Å²) in [4.78, 5) is 26.5. The van der Waals surface area contributed by atoms with E-state index in [1.54, 1.807) is 36.4 Å². The average Bonchev–Trinajstić information content (AvgIpc) is 3.30. The summed E-state index contributed by atoms with van der Waals surface area (Å²) in [5, 5.41) is 6.12. The van der Waals surface area contributed by atoms with E-state index in [-0.39, 0.29) is 17.1 Å². The topological polar surface area (TPSA) is 89.8 Å². The van der Waals surface area contributed by atoms with Gasteiger partial charge >= 0.3 is 0 Å². The van der Waals surface area contributed by atoms with Crippen molar-refractivity contribution in [2.24, 2.45) is 17.8 Å². The van der Waals surface area contributed by atoms with Crippen LogP contribution in [0.2, 0.25) is 0 Å². The monoisotopic (exact) mass is 450 g/mol. The van der Waals surface area contributed by atoms with E-state index in [1.165, 1.54) is 39.7 Å². The molecule has 1 aromatic heterocycles. The molecule has 174 valence electrons. The maximum Gasteiger partial charge on any atom is 0.268 e. The molecule has 7 nitrogen and oxygen atoms in total. The Bertz CT molecular complexity index is 1040. The van der Waals surface area contributed by atoms with Crippen LogP contribution in [-0.4, -0.2) is 31.6 Å². The quantitative estimate of drug-likeness (QED) is 0.619. The highest BCUT2D eigenvalue weighted by Crippen LogP contribution is 2.55. The van der Waals surface area contributed by atoms with Crippen LogP contribution in [-0.2, 0) is 4.79 Å². The Morgan fingerprint density at radius 1 is 1.00 bits per heavy atom. The van der Waals surface area contributed by atoms with Crippen molar-refractivity contribution in [3.8, 4) is 11.5 Å². The van der Waals surface area contributed by atoms with Crippen molar-refractivity contribution in [3.05, 3.63) is 53.6 Å². The summed E-state index contributed by atoms with van der Waals surface area (Å²) >= 11 is 0. The summed E-state index contributed by atoms with van der Waals surface area (Å²) in [6.45, 7) is 0. The number of ether oxygens (including phenoxy) is 2. The van der Waals surface area contributed by atoms with Gasteiger partial charge in [-0.25, -0.2) is 0 Å². The van der Waals surface area contributed by atoms with Gasteiger partial charge in [0.1, 0.15) is 11.5 Å². The van der Waals surface area contributed by atoms with Crippen molar-refractivity contribution in [1.29, 1.82) is 0 Å². The number of carbonyl (C=O) groups excluding carboxylic acids is 2. The molecule has 4 fully saturated rings. The van der Waals surface area contributed by atoms with E-state index in [9.17, 15) is 9.59 Å². The number of carbonyl (C=O) groups is 2. The van der Waals surface area contributed by atoms with Gasteiger partial charge in [0, 0.05) is 17.2 Å². The second kappa shape index (κ2) is 8.61. The minimum absolute atomic E-state index is 0.165. The molecule has 1 heterocycles. The van der Waals surface area contributed by atoms with Crippen molar-refractivity contribution in [1.82, 2.24) is 10.6 Å². The molecule has 33 heavy (non-hydrogen) atoms. The number of nitrogens with one attached hydrogen (secondary N) is 2. The number of benzene rings is 1. The Hall–Kier alpha value is -3.22. The highest BCUT2D eigenvalue weighted by atomic mass is 16.5. The minimum atomic E-state index is -0.408. The molecule has 4 aliphatic rings. The molecule has 4 aliphatic carbocycles. The first-order valence-corrected chi connectivity index (χ1v) is 11.6. The summed E-state index contributed by atoms with van der Waals surface area (Å²) in [6.07, 6.45) is 10.1. The zero-order valence-electron chi connectivity index (χ0n) is 19.1. The van der Waals surface area contributed by atoms with Gasteiger partial charge < -0.3 is 24.5 Å². The van der Waals surface area contributed by atoms with Gasteiger partial charge in [0.15, 0.2) is 11.5 Å². The van der Waals surface area contributed by atoms with Crippen LogP contribution in [0.1, 0.15) is 54.6 Å². The molecule has 4 bridgehead atoms. The highest BCUT2D eigenvalue weighted by molar-refractivity contribution is 6.05. The van der Waals surface area contributed by atoms with E-state index in [0.29, 0.717) is 40.6 Å². The van der Waals surface area contributed by atoms with E-state index in [0.717, 1.165) is 19.3 Å². The molecule has 2 N–H and O–H groups in total. The van der Waals surface area contributed by atoms with Crippen molar-refractivity contribution in [2.45, 2.75) is 44.1 Å². The van der Waals surface area contributed by atoms with Crippen LogP contribution in [0.15, 0.2) is 46.7 Å². The molecule has 0 unspecified atom stereocenters. The predicted molar refractivity (Wildman–Crippen MR) is 123 cm³/mol. The van der Waals surface area contributed by atoms with Gasteiger partial charge in [-0.05, 0) is 86.6 Å². The van der Waals surface area contributed by atoms with E-state index >= 15 is 0 Å². The summed E-state index contributed by atoms with van der Waals surface area (Å²) in [6, 6.07) is 8.39. The number of furan rings is 1. The normalized spacial score (nSPS) is 27.8. The average molecular weight is 451 g/mol. The van der Waals surface area contributed by atoms with E-state index in [1.807, 2.05) is 0 Å². The lowest BCUT2D eigenvalue weighted by Crippen LogP contribution is -2.60. The molecule has 0 saturated heterocycles. The number of methoxy groups -OCH3 is 2. The Morgan fingerprint density at radius 2 is 1.67 bits per heavy atom. The Kier molecular flexibility index (Phi) is 5.64. The third-order valence-electron chi connectivity index (χ3n) is 7.39. The van der Waals surface area contributed by atoms with Gasteiger partial charge in [0.25, 0.3) is 11.8 Å². The summed E-state index contributed by atoms with van der Waals surface area (Å²) in [7, 11) is 3.05. The smallest absolute Gasteiger partial charge is 0.268 e. The van der Waals surface area contributed by atoms with Crippen LogP contribution >= 0.6 is 0 Å². The molecule has 4 saturated carbocycles. The third-order valence-corrected chi connectivity index (χ3v) is 7.39. The molecule has 7 heteroatoms. The predicted octanol–water partition coefficient (Wildman–Crippen LogP) is 4.15. The number of hydrogen-bond acceptors (Lipinski definition) is 5. The molecular formula is C26H30N2O5. The summed E-state index contributed by atoms with van der Waals surface area (Å²) in [5.74, 6) is 2.90. The molecule has 2 amide bonds. The Balaban J connectivity index is 1.38. The zero-order valence-corrected chi connectivity index (χ0v) is 19.1. The van der Waals surface area contributed by atoms with Crippen molar-refractivity contribution in [2.75, 3.05) is 14.2 Å². The molecule has 0 radical (unpaired) electrons. The fourth-order valence-corrected chi connectivity index (χ4v) is 6.42. The van der Waals surface area contributed by atoms with Crippen LogP contribution in [0.25, 0.3) is 6.08 Å². The molecule has 0 atom stereocenters. The van der Waals surface area contributed by atoms with Crippen LogP contribution in [0.4, 0.5) is 0 Å². The standard InChI is InChI=1S/C26H30N2O5/c1-31-22-6-5-19(11-23(22)32-2)24(29)27-21(12-20-4-3-7-33-20)25(30)28-26-13-16-8-17(14-26)10-18(9-16)15-26/h3-7,11-12,16-18H,8-10,13-15H2,1-2H3,(H,27,29)(H,28,30)/b21-12-. The lowest BCUT2D eigenvalue weighted by molar-refractivity contribution is -0.123. The zero-order chi connectivity index (χ0) is 23.0. The third kappa shape index (κ3) is 4.36. The summed E-state index contributed by atoms with van der Waals surface area (Å²) in [5.41, 5.74) is 0.364. The second-order valence-corrected chi connectivity index (χ2v) is 9.75. The number of hydrogen-bond donors (Lipinski definition) is 2. The van der Waals surface area contributed by atoms with Crippen LogP contribution in [0, 0.1) is 17.8 Å². The van der Waals surface area contributed by atoms with Crippen LogP contribution < -0.4 is 20.1 Å². The maximum atomic E-state index is 13.5. The molecule has 6 rings (SSSR count). The first kappa shape index (κ1) is 21.6. The van der Waals surface area contributed by atoms with Gasteiger partial charge in [-0.2, -0.15) is 0 Å². The maximum absolute atomic E-state index is 13.5. The molecular weight excluding hydrogens is 420 g/mol. The lowest BCUT2D eigenvalue weighted by atomic mass is 9.53. The van der Waals surface area contributed by atoms with Gasteiger partial charge in [-0.1, -0.05) is 0 Å². The van der Waals surface area contributed by atoms with Crippen molar-refractivity contribution in [3.63, 3.8) is 0 Å². The summed E-state index contributed by atoms with van der Waals surface area (Å²) < 4.78 is 16.0. The van der Waals surface area contributed by atoms with E-state index in [2.05, 4.69) is 10.6 Å². The molecule has 0 spiro atoms. The fraction of sp³-hybridized carbons (Fsp3) is 0.462. The van der Waals surface area contributed by atoms with Gasteiger partial charge in [0.05, 0.1) is 20.5 Å². The SMILES string of the molecule is COc1ccc(C(=O)N/C(=C\c2ccco2)C(=O)NC23CC4CC(CC(C4)C2)C3)cc1OC. The number of rotatable bonds is 7. The molecule has 1 aromatic carbocycles. The van der Waals surface area contributed by atoms with Gasteiger partial charge in [0.2, 0.25) is 0 Å². The highest BCUT2D eigenvalue weighted by Gasteiger charge is 2.51. The van der Waals surface area contributed by atoms with E-state index in [4.69, 9.17) is 13.9 Å². The van der Waals surface area contributed by atoms with Gasteiger partial charge in [-0.15, -0.1) is 0 Å². The van der Waals surface area contributed by atoms with Gasteiger partial charge in [-0.3, -0.25) is 9.59 Å². The molecule has 0 aliphatic heterocycles.